The third kappa shape index (κ3) is 2.78. The Hall–Kier alpha value is -0.890. The van der Waals surface area contributed by atoms with Crippen LogP contribution < -0.4 is 0 Å². The van der Waals surface area contributed by atoms with Gasteiger partial charge in [-0.3, -0.25) is 4.79 Å². The van der Waals surface area contributed by atoms with Crippen LogP contribution in [0.25, 0.3) is 0 Å². The summed E-state index contributed by atoms with van der Waals surface area (Å²) in [6, 6.07) is 4.12. The zero-order chi connectivity index (χ0) is 11.4. The van der Waals surface area contributed by atoms with Gasteiger partial charge < -0.3 is 0 Å². The number of benzene rings is 1. The average Bonchev–Trinajstić information content (AvgIpc) is 2.23. The molecule has 0 aliphatic rings. The highest BCUT2D eigenvalue weighted by atomic mass is 35.5. The van der Waals surface area contributed by atoms with Crippen LogP contribution in [0, 0.1) is 11.7 Å². The van der Waals surface area contributed by atoms with E-state index in [0.29, 0.717) is 5.56 Å². The van der Waals surface area contributed by atoms with Crippen LogP contribution in [0.2, 0.25) is 5.02 Å². The molecule has 1 nitrogen and oxygen atoms in total. The molecule has 1 rings (SSSR count). The van der Waals surface area contributed by atoms with Crippen molar-refractivity contribution < 1.29 is 9.18 Å². The maximum Gasteiger partial charge on any atom is 0.165 e. The van der Waals surface area contributed by atoms with Gasteiger partial charge in [-0.1, -0.05) is 25.4 Å². The third-order valence-electron chi connectivity index (χ3n) is 2.56. The van der Waals surface area contributed by atoms with Crippen LogP contribution in [-0.4, -0.2) is 5.78 Å². The van der Waals surface area contributed by atoms with E-state index in [1.54, 1.807) is 0 Å². The summed E-state index contributed by atoms with van der Waals surface area (Å²) in [5.74, 6) is -0.439. The molecule has 0 saturated carbocycles. The zero-order valence-electron chi connectivity index (χ0n) is 8.89. The van der Waals surface area contributed by atoms with E-state index in [1.165, 1.54) is 18.2 Å². The molecule has 0 fully saturated rings. The van der Waals surface area contributed by atoms with Gasteiger partial charge in [0, 0.05) is 11.5 Å². The normalized spacial score (nSPS) is 10.7. The van der Waals surface area contributed by atoms with Crippen LogP contribution in [0.3, 0.4) is 0 Å². The minimum atomic E-state index is -0.488. The SMILES string of the molecule is CCC(CC)C(=O)c1ccc(F)c(Cl)c1. The molecule has 0 aliphatic heterocycles. The van der Waals surface area contributed by atoms with Gasteiger partial charge in [-0.2, -0.15) is 0 Å². The van der Waals surface area contributed by atoms with Gasteiger partial charge in [0.15, 0.2) is 5.78 Å². The summed E-state index contributed by atoms with van der Waals surface area (Å²) in [7, 11) is 0. The molecule has 15 heavy (non-hydrogen) atoms. The molecule has 82 valence electrons. The highest BCUT2D eigenvalue weighted by Crippen LogP contribution is 2.20. The van der Waals surface area contributed by atoms with Crippen molar-refractivity contribution in [3.8, 4) is 0 Å². The van der Waals surface area contributed by atoms with Gasteiger partial charge in [0.1, 0.15) is 5.82 Å². The van der Waals surface area contributed by atoms with Crippen molar-refractivity contribution in [1.82, 2.24) is 0 Å². The molecule has 0 atom stereocenters. The lowest BCUT2D eigenvalue weighted by molar-refractivity contribution is 0.0913. The van der Waals surface area contributed by atoms with E-state index in [4.69, 9.17) is 11.6 Å². The Labute approximate surface area is 94.3 Å². The Morgan fingerprint density at radius 2 is 2.00 bits per heavy atom. The fraction of sp³-hybridized carbons (Fsp3) is 0.417. The Morgan fingerprint density at radius 1 is 1.40 bits per heavy atom. The molecule has 0 spiro atoms. The number of hydrogen-bond donors (Lipinski definition) is 0. The van der Waals surface area contributed by atoms with Gasteiger partial charge in [-0.25, -0.2) is 4.39 Å². The van der Waals surface area contributed by atoms with Gasteiger partial charge in [0.25, 0.3) is 0 Å². The summed E-state index contributed by atoms with van der Waals surface area (Å²) in [5, 5.41) is 0.00630. The molecule has 0 radical (unpaired) electrons. The maximum atomic E-state index is 12.9. The quantitative estimate of drug-likeness (QED) is 0.710. The van der Waals surface area contributed by atoms with Crippen LogP contribution in [0.4, 0.5) is 4.39 Å². The molecule has 0 amide bonds. The average molecular weight is 229 g/mol. The summed E-state index contributed by atoms with van der Waals surface area (Å²) in [4.78, 5) is 11.9. The van der Waals surface area contributed by atoms with Crippen LogP contribution in [-0.2, 0) is 0 Å². The van der Waals surface area contributed by atoms with Crippen molar-refractivity contribution in [2.75, 3.05) is 0 Å². The first-order valence-electron chi connectivity index (χ1n) is 5.09. The van der Waals surface area contributed by atoms with Crippen molar-refractivity contribution in [3.63, 3.8) is 0 Å². The number of halogens is 2. The van der Waals surface area contributed by atoms with Gasteiger partial charge in [-0.15, -0.1) is 0 Å². The van der Waals surface area contributed by atoms with Gasteiger partial charge >= 0.3 is 0 Å². The lowest BCUT2D eigenvalue weighted by atomic mass is 9.93. The predicted octanol–water partition coefficient (Wildman–Crippen LogP) is 4.10. The smallest absolute Gasteiger partial charge is 0.165 e. The lowest BCUT2D eigenvalue weighted by Gasteiger charge is -2.11. The fourth-order valence-electron chi connectivity index (χ4n) is 1.54. The van der Waals surface area contributed by atoms with E-state index in [9.17, 15) is 9.18 Å². The van der Waals surface area contributed by atoms with E-state index < -0.39 is 5.82 Å². The van der Waals surface area contributed by atoms with Gasteiger partial charge in [-0.05, 0) is 31.0 Å². The highest BCUT2D eigenvalue weighted by Gasteiger charge is 2.17. The third-order valence-corrected chi connectivity index (χ3v) is 2.85. The topological polar surface area (TPSA) is 17.1 Å². The first kappa shape index (κ1) is 12.2. The summed E-state index contributed by atoms with van der Waals surface area (Å²) >= 11 is 5.62. The van der Waals surface area contributed by atoms with Crippen molar-refractivity contribution in [1.29, 1.82) is 0 Å². The second-order valence-corrected chi connectivity index (χ2v) is 3.91. The summed E-state index contributed by atoms with van der Waals surface area (Å²) in [5.41, 5.74) is 0.495. The van der Waals surface area contributed by atoms with Crippen LogP contribution in [0.1, 0.15) is 37.0 Å². The number of carbonyl (C=O) groups is 1. The van der Waals surface area contributed by atoms with E-state index in [-0.39, 0.29) is 16.7 Å². The van der Waals surface area contributed by atoms with Gasteiger partial charge in [0.05, 0.1) is 5.02 Å². The highest BCUT2D eigenvalue weighted by molar-refractivity contribution is 6.31. The van der Waals surface area contributed by atoms with E-state index >= 15 is 0 Å². The van der Waals surface area contributed by atoms with Crippen LogP contribution in [0.15, 0.2) is 18.2 Å². The van der Waals surface area contributed by atoms with E-state index in [1.807, 2.05) is 13.8 Å². The summed E-state index contributed by atoms with van der Waals surface area (Å²) < 4.78 is 12.9. The molecule has 0 heterocycles. The largest absolute Gasteiger partial charge is 0.294 e. The predicted molar refractivity (Wildman–Crippen MR) is 59.8 cm³/mol. The second kappa shape index (κ2) is 5.26. The summed E-state index contributed by atoms with van der Waals surface area (Å²) in [6.45, 7) is 3.94. The van der Waals surface area contributed by atoms with Crippen molar-refractivity contribution in [3.05, 3.63) is 34.6 Å². The molecule has 0 aliphatic carbocycles. The Kier molecular flexibility index (Phi) is 4.28. The molecule has 1 aromatic carbocycles. The number of ketones is 1. The maximum absolute atomic E-state index is 12.9. The molecule has 0 unspecified atom stereocenters. The molecule has 0 bridgehead atoms. The molecule has 0 saturated heterocycles. The van der Waals surface area contributed by atoms with Gasteiger partial charge in [0.2, 0.25) is 0 Å². The Balaban J connectivity index is 2.96. The standard InChI is InChI=1S/C12H14ClFO/c1-3-8(4-2)12(15)9-5-6-11(14)10(13)7-9/h5-8H,3-4H2,1-2H3. The summed E-state index contributed by atoms with van der Waals surface area (Å²) in [6.07, 6.45) is 1.59. The Morgan fingerprint density at radius 3 is 2.47 bits per heavy atom. The lowest BCUT2D eigenvalue weighted by Crippen LogP contribution is -2.13. The number of hydrogen-bond acceptors (Lipinski definition) is 1. The van der Waals surface area contributed by atoms with Crippen LogP contribution >= 0.6 is 11.6 Å². The van der Waals surface area contributed by atoms with E-state index in [0.717, 1.165) is 12.8 Å². The zero-order valence-corrected chi connectivity index (χ0v) is 9.64. The number of rotatable bonds is 4. The van der Waals surface area contributed by atoms with E-state index in [2.05, 4.69) is 0 Å². The molecule has 3 heteroatoms. The van der Waals surface area contributed by atoms with Crippen LogP contribution in [0.5, 0.6) is 0 Å². The molecular weight excluding hydrogens is 215 g/mol. The first-order valence-corrected chi connectivity index (χ1v) is 5.47. The fourth-order valence-corrected chi connectivity index (χ4v) is 1.73. The Bertz CT molecular complexity index is 359. The molecule has 0 aromatic heterocycles. The van der Waals surface area contributed by atoms with Crippen molar-refractivity contribution in [2.24, 2.45) is 5.92 Å². The molecule has 1 aromatic rings. The monoisotopic (exact) mass is 228 g/mol. The second-order valence-electron chi connectivity index (χ2n) is 3.51. The number of carbonyl (C=O) groups excluding carboxylic acids is 1. The minimum absolute atomic E-state index is 0.00604. The molecular formula is C12H14ClFO. The van der Waals surface area contributed by atoms with Crippen molar-refractivity contribution in [2.45, 2.75) is 26.7 Å². The minimum Gasteiger partial charge on any atom is -0.294 e. The molecule has 0 N–H and O–H groups in total. The first-order chi connectivity index (χ1) is 7.10. The number of Topliss-reactive ketones (excluding diaryl/α,β-unsaturated/α-hetero) is 1. The van der Waals surface area contributed by atoms with Crippen molar-refractivity contribution >= 4 is 17.4 Å².